The van der Waals surface area contributed by atoms with Crippen LogP contribution in [0.3, 0.4) is 0 Å². The second-order valence-corrected chi connectivity index (χ2v) is 8.38. The third-order valence-electron chi connectivity index (χ3n) is 4.06. The summed E-state index contributed by atoms with van der Waals surface area (Å²) >= 11 is 0. The van der Waals surface area contributed by atoms with E-state index in [2.05, 4.69) is 20.6 Å². The Bertz CT molecular complexity index is 916. The first-order valence-corrected chi connectivity index (χ1v) is 9.78. The van der Waals surface area contributed by atoms with Crippen LogP contribution in [0, 0.1) is 6.92 Å². The Hall–Kier alpha value is -2.55. The number of ether oxygens (including phenoxy) is 2. The van der Waals surface area contributed by atoms with E-state index >= 15 is 0 Å². The van der Waals surface area contributed by atoms with E-state index in [1.165, 1.54) is 0 Å². The molecule has 2 N–H and O–H groups in total. The minimum absolute atomic E-state index is 0.120. The van der Waals surface area contributed by atoms with Crippen LogP contribution in [0.15, 0.2) is 24.3 Å². The minimum Gasteiger partial charge on any atom is -0.454 e. The predicted octanol–water partition coefficient (Wildman–Crippen LogP) is 1.86. The summed E-state index contributed by atoms with van der Waals surface area (Å²) in [7, 11) is -2.95. The number of hydrogen-bond acceptors (Lipinski definition) is 8. The largest absolute Gasteiger partial charge is 0.454 e. The van der Waals surface area contributed by atoms with Crippen molar-refractivity contribution in [2.75, 3.05) is 28.9 Å². The maximum atomic E-state index is 11.6. The topological polar surface area (TPSA) is 102 Å². The molecular weight excluding hydrogens is 344 g/mol. The van der Waals surface area contributed by atoms with Crippen molar-refractivity contribution in [3.8, 4) is 11.5 Å². The van der Waals surface area contributed by atoms with Gasteiger partial charge < -0.3 is 20.1 Å². The number of aromatic nitrogens is 2. The highest BCUT2D eigenvalue weighted by atomic mass is 32.2. The predicted molar refractivity (Wildman–Crippen MR) is 93.3 cm³/mol. The van der Waals surface area contributed by atoms with Gasteiger partial charge in [0.1, 0.15) is 5.82 Å². The van der Waals surface area contributed by atoms with Gasteiger partial charge in [0, 0.05) is 29.6 Å². The van der Waals surface area contributed by atoms with Crippen LogP contribution < -0.4 is 20.1 Å². The van der Waals surface area contributed by atoms with Crippen LogP contribution in [-0.4, -0.2) is 42.7 Å². The molecule has 4 rings (SSSR count). The monoisotopic (exact) mass is 362 g/mol. The van der Waals surface area contributed by atoms with Gasteiger partial charge in [-0.1, -0.05) is 0 Å². The highest BCUT2D eigenvalue weighted by Gasteiger charge is 2.28. The number of anilines is 3. The Morgan fingerprint density at radius 3 is 2.80 bits per heavy atom. The SMILES string of the molecule is Cc1cc(Nc2ccc3c(c2)OCO3)nc(NC2CCS(=O)(=O)C2)n1. The van der Waals surface area contributed by atoms with E-state index in [1.54, 1.807) is 0 Å². The zero-order chi connectivity index (χ0) is 17.4. The smallest absolute Gasteiger partial charge is 0.231 e. The number of rotatable bonds is 4. The summed E-state index contributed by atoms with van der Waals surface area (Å²) in [5, 5.41) is 6.33. The fraction of sp³-hybridized carbons (Fsp3) is 0.375. The lowest BCUT2D eigenvalue weighted by molar-refractivity contribution is 0.174. The van der Waals surface area contributed by atoms with Crippen molar-refractivity contribution in [1.29, 1.82) is 0 Å². The molecule has 3 heterocycles. The number of nitrogens with zero attached hydrogens (tertiary/aromatic N) is 2. The van der Waals surface area contributed by atoms with Crippen LogP contribution in [-0.2, 0) is 9.84 Å². The summed E-state index contributed by atoms with van der Waals surface area (Å²) in [4.78, 5) is 8.78. The third-order valence-corrected chi connectivity index (χ3v) is 5.83. The molecule has 1 unspecified atom stereocenters. The Kier molecular flexibility index (Phi) is 3.87. The van der Waals surface area contributed by atoms with Crippen LogP contribution in [0.4, 0.5) is 17.5 Å². The van der Waals surface area contributed by atoms with Crippen molar-refractivity contribution in [3.63, 3.8) is 0 Å². The molecule has 0 amide bonds. The van der Waals surface area contributed by atoms with Crippen molar-refractivity contribution in [1.82, 2.24) is 9.97 Å². The van der Waals surface area contributed by atoms with Crippen molar-refractivity contribution in [2.24, 2.45) is 0 Å². The zero-order valence-corrected chi connectivity index (χ0v) is 14.5. The first-order chi connectivity index (χ1) is 12.0. The van der Waals surface area contributed by atoms with Crippen molar-refractivity contribution in [3.05, 3.63) is 30.0 Å². The molecule has 0 spiro atoms. The Morgan fingerprint density at radius 1 is 1.16 bits per heavy atom. The molecule has 1 atom stereocenters. The highest BCUT2D eigenvalue weighted by molar-refractivity contribution is 7.91. The van der Waals surface area contributed by atoms with E-state index < -0.39 is 9.84 Å². The number of nitrogens with one attached hydrogen (secondary N) is 2. The summed E-state index contributed by atoms with van der Waals surface area (Å²) in [5.41, 5.74) is 1.60. The number of sulfone groups is 1. The molecule has 9 heteroatoms. The van der Waals surface area contributed by atoms with Gasteiger partial charge in [0.2, 0.25) is 12.7 Å². The summed E-state index contributed by atoms with van der Waals surface area (Å²) in [5.74, 6) is 2.77. The lowest BCUT2D eigenvalue weighted by atomic mass is 10.2. The Labute approximate surface area is 145 Å². The number of fused-ring (bicyclic) bond motifs is 1. The molecule has 1 fully saturated rings. The minimum atomic E-state index is -2.95. The maximum absolute atomic E-state index is 11.6. The number of hydrogen-bond donors (Lipinski definition) is 2. The number of benzene rings is 1. The van der Waals surface area contributed by atoms with E-state index in [1.807, 2.05) is 31.2 Å². The van der Waals surface area contributed by atoms with Gasteiger partial charge in [0.15, 0.2) is 21.3 Å². The van der Waals surface area contributed by atoms with Gasteiger partial charge in [0.25, 0.3) is 0 Å². The summed E-state index contributed by atoms with van der Waals surface area (Å²) in [6.07, 6.45) is 0.574. The van der Waals surface area contributed by atoms with Crippen LogP contribution in [0.2, 0.25) is 0 Å². The van der Waals surface area contributed by atoms with Crippen molar-refractivity contribution in [2.45, 2.75) is 19.4 Å². The standard InChI is InChI=1S/C16H18N4O4S/c1-10-6-15(18-11-2-3-13-14(7-11)24-9-23-13)20-16(17-10)19-12-4-5-25(21,22)8-12/h2-3,6-7,12H,4-5,8-9H2,1H3,(H2,17,18,19,20). The maximum Gasteiger partial charge on any atom is 0.231 e. The van der Waals surface area contributed by atoms with Gasteiger partial charge in [-0.25, -0.2) is 13.4 Å². The van der Waals surface area contributed by atoms with E-state index in [0.29, 0.717) is 29.7 Å². The molecule has 0 aliphatic carbocycles. The van der Waals surface area contributed by atoms with Gasteiger partial charge in [-0.3, -0.25) is 0 Å². The Morgan fingerprint density at radius 2 is 2.00 bits per heavy atom. The molecule has 0 radical (unpaired) electrons. The van der Waals surface area contributed by atoms with Crippen molar-refractivity contribution >= 4 is 27.3 Å². The van der Waals surface area contributed by atoms with Crippen molar-refractivity contribution < 1.29 is 17.9 Å². The van der Waals surface area contributed by atoms with E-state index in [4.69, 9.17) is 9.47 Å². The summed E-state index contributed by atoms with van der Waals surface area (Å²) < 4.78 is 33.8. The first-order valence-electron chi connectivity index (χ1n) is 7.96. The first kappa shape index (κ1) is 15.9. The lowest BCUT2D eigenvalue weighted by Crippen LogP contribution is -2.22. The Balaban J connectivity index is 1.51. The normalized spacial score (nSPS) is 20.4. The van der Waals surface area contributed by atoms with E-state index in [-0.39, 0.29) is 24.3 Å². The van der Waals surface area contributed by atoms with Crippen LogP contribution in [0.5, 0.6) is 11.5 Å². The second kappa shape index (κ2) is 6.07. The summed E-state index contributed by atoms with van der Waals surface area (Å²) in [6.45, 7) is 2.09. The molecule has 1 saturated heterocycles. The van der Waals surface area contributed by atoms with Gasteiger partial charge in [-0.15, -0.1) is 0 Å². The molecule has 2 aromatic rings. The molecule has 1 aromatic heterocycles. The average molecular weight is 362 g/mol. The molecule has 1 aromatic carbocycles. The van der Waals surface area contributed by atoms with Gasteiger partial charge in [0.05, 0.1) is 11.5 Å². The van der Waals surface area contributed by atoms with Gasteiger partial charge in [-0.05, 0) is 25.5 Å². The fourth-order valence-electron chi connectivity index (χ4n) is 2.91. The fourth-order valence-corrected chi connectivity index (χ4v) is 4.58. The second-order valence-electron chi connectivity index (χ2n) is 6.16. The molecule has 2 aliphatic heterocycles. The van der Waals surface area contributed by atoms with Crippen LogP contribution in [0.1, 0.15) is 12.1 Å². The molecule has 25 heavy (non-hydrogen) atoms. The quantitative estimate of drug-likeness (QED) is 0.850. The van der Waals surface area contributed by atoms with Gasteiger partial charge >= 0.3 is 0 Å². The van der Waals surface area contributed by atoms with E-state index in [0.717, 1.165) is 11.4 Å². The van der Waals surface area contributed by atoms with E-state index in [9.17, 15) is 8.42 Å². The molecular formula is C16H18N4O4S. The molecule has 8 nitrogen and oxygen atoms in total. The highest BCUT2D eigenvalue weighted by Crippen LogP contribution is 2.35. The number of aryl methyl sites for hydroxylation is 1. The van der Waals surface area contributed by atoms with Crippen LogP contribution in [0.25, 0.3) is 0 Å². The summed E-state index contributed by atoms with van der Waals surface area (Å²) in [6, 6.07) is 7.23. The average Bonchev–Trinajstić information content (AvgIpc) is 3.12. The molecule has 0 saturated carbocycles. The lowest BCUT2D eigenvalue weighted by Gasteiger charge is -2.13. The van der Waals surface area contributed by atoms with Crippen LogP contribution >= 0.6 is 0 Å². The third kappa shape index (κ3) is 3.60. The zero-order valence-electron chi connectivity index (χ0n) is 13.7. The molecule has 0 bridgehead atoms. The molecule has 132 valence electrons. The van der Waals surface area contributed by atoms with Gasteiger partial charge in [-0.2, -0.15) is 4.98 Å². The molecule has 2 aliphatic rings.